The molecule has 4 saturated carbocycles. The first-order chi connectivity index (χ1) is 15.5. The molecule has 0 unspecified atom stereocenters. The number of esters is 2. The van der Waals surface area contributed by atoms with Crippen molar-refractivity contribution in [3.05, 3.63) is 86.4 Å². The van der Waals surface area contributed by atoms with Crippen LogP contribution in [0, 0.1) is 23.7 Å². The van der Waals surface area contributed by atoms with E-state index in [4.69, 9.17) is 27.9 Å². The highest BCUT2D eigenvalue weighted by molar-refractivity contribution is 6.31. The number of allylic oxidation sites excluding steroid dienone is 1. The molecule has 1 aliphatic heterocycles. The molecule has 4 aliphatic carbocycles. The molecule has 3 nitrogen and oxygen atoms in total. The SMILES string of the molecule is O=C1OC(=O)C(=C2C3CC4CC(C3)CC2C4)C1=C(c1ccc(Cl)cc1)c1ccc(Cl)cc1. The number of ether oxygens (including phenoxy) is 1. The number of carbonyl (C=O) groups excluding carboxylic acids is 2. The Bertz CT molecular complexity index is 1110. The first kappa shape index (κ1) is 20.3. The molecule has 4 bridgehead atoms. The highest BCUT2D eigenvalue weighted by atomic mass is 35.5. The molecule has 0 spiro atoms. The van der Waals surface area contributed by atoms with Crippen LogP contribution in [0.5, 0.6) is 0 Å². The summed E-state index contributed by atoms with van der Waals surface area (Å²) in [6.07, 6.45) is 5.81. The van der Waals surface area contributed by atoms with E-state index < -0.39 is 11.9 Å². The minimum absolute atomic E-state index is 0.381. The van der Waals surface area contributed by atoms with Crippen LogP contribution in [-0.4, -0.2) is 11.9 Å². The van der Waals surface area contributed by atoms with Gasteiger partial charge in [-0.3, -0.25) is 0 Å². The third-order valence-electron chi connectivity index (χ3n) is 7.67. The first-order valence-electron chi connectivity index (χ1n) is 11.2. The topological polar surface area (TPSA) is 43.4 Å². The molecule has 1 saturated heterocycles. The summed E-state index contributed by atoms with van der Waals surface area (Å²) in [5, 5.41) is 1.22. The van der Waals surface area contributed by atoms with Gasteiger partial charge in [-0.05, 0) is 96.7 Å². The quantitative estimate of drug-likeness (QED) is 0.284. The second-order valence-electron chi connectivity index (χ2n) is 9.58. The Morgan fingerprint density at radius 2 is 1.16 bits per heavy atom. The number of benzene rings is 2. The fraction of sp³-hybridized carbons (Fsp3) is 0.333. The fourth-order valence-corrected chi connectivity index (χ4v) is 6.92. The Morgan fingerprint density at radius 3 is 1.62 bits per heavy atom. The van der Waals surface area contributed by atoms with Crippen LogP contribution in [0.3, 0.4) is 0 Å². The number of cyclic esters (lactones) is 2. The molecule has 0 radical (unpaired) electrons. The van der Waals surface area contributed by atoms with Gasteiger partial charge in [0.15, 0.2) is 0 Å². The number of hydrogen-bond donors (Lipinski definition) is 0. The molecule has 7 rings (SSSR count). The van der Waals surface area contributed by atoms with Crippen molar-refractivity contribution in [3.63, 3.8) is 0 Å². The molecule has 0 atom stereocenters. The maximum absolute atomic E-state index is 13.2. The number of halogens is 2. The van der Waals surface area contributed by atoms with Crippen LogP contribution in [-0.2, 0) is 14.3 Å². The van der Waals surface area contributed by atoms with Gasteiger partial charge >= 0.3 is 11.9 Å². The number of rotatable bonds is 2. The summed E-state index contributed by atoms with van der Waals surface area (Å²) < 4.78 is 5.27. The van der Waals surface area contributed by atoms with E-state index in [1.807, 2.05) is 24.3 Å². The maximum atomic E-state index is 13.2. The molecule has 5 heteroatoms. The first-order valence-corrected chi connectivity index (χ1v) is 12.0. The lowest BCUT2D eigenvalue weighted by molar-refractivity contribution is -0.149. The second-order valence-corrected chi connectivity index (χ2v) is 10.4. The third kappa shape index (κ3) is 3.25. The van der Waals surface area contributed by atoms with Crippen LogP contribution in [0.1, 0.15) is 43.2 Å². The van der Waals surface area contributed by atoms with Crippen molar-refractivity contribution in [2.45, 2.75) is 32.1 Å². The van der Waals surface area contributed by atoms with E-state index in [0.29, 0.717) is 38.6 Å². The molecule has 0 aromatic heterocycles. The summed E-state index contributed by atoms with van der Waals surface area (Å²) >= 11 is 12.3. The maximum Gasteiger partial charge on any atom is 0.347 e. The van der Waals surface area contributed by atoms with Crippen LogP contribution in [0.4, 0.5) is 0 Å². The van der Waals surface area contributed by atoms with E-state index in [1.54, 1.807) is 24.3 Å². The molecule has 0 amide bonds. The minimum Gasteiger partial charge on any atom is -0.386 e. The van der Waals surface area contributed by atoms with Gasteiger partial charge < -0.3 is 4.74 Å². The van der Waals surface area contributed by atoms with Crippen molar-refractivity contribution in [1.29, 1.82) is 0 Å². The minimum atomic E-state index is -0.564. The standard InChI is InChI=1S/C27H22Cl2O3/c28-20-5-1-16(2-6-20)22(17-3-7-21(29)8-4-17)24-25(27(31)32-26(24)30)23-18-10-14-9-15(12-18)13-19(23)11-14/h1-8,14-15,18-19H,9-13H2. The lowest BCUT2D eigenvalue weighted by Gasteiger charge is -2.51. The van der Waals surface area contributed by atoms with E-state index in [-0.39, 0.29) is 0 Å². The summed E-state index contributed by atoms with van der Waals surface area (Å²) in [6, 6.07) is 14.7. The Hall–Kier alpha value is -2.36. The monoisotopic (exact) mass is 464 g/mol. The van der Waals surface area contributed by atoms with Crippen molar-refractivity contribution < 1.29 is 14.3 Å². The lowest BCUT2D eigenvalue weighted by atomic mass is 9.53. The van der Waals surface area contributed by atoms with E-state index in [0.717, 1.165) is 48.6 Å². The Labute approximate surface area is 197 Å². The molecule has 162 valence electrons. The molecule has 0 N–H and O–H groups in total. The molecule has 2 aromatic rings. The normalized spacial score (nSPS) is 28.5. The van der Waals surface area contributed by atoms with Gasteiger partial charge in [-0.2, -0.15) is 0 Å². The van der Waals surface area contributed by atoms with Crippen molar-refractivity contribution in [1.82, 2.24) is 0 Å². The smallest absolute Gasteiger partial charge is 0.347 e. The molecule has 5 aliphatic rings. The van der Waals surface area contributed by atoms with Gasteiger partial charge in [0.2, 0.25) is 0 Å². The van der Waals surface area contributed by atoms with Gasteiger partial charge in [-0.15, -0.1) is 0 Å². The van der Waals surface area contributed by atoms with Crippen LogP contribution in [0.15, 0.2) is 65.3 Å². The van der Waals surface area contributed by atoms with Gasteiger partial charge in [0.05, 0.1) is 11.1 Å². The molecule has 5 fully saturated rings. The van der Waals surface area contributed by atoms with Gasteiger partial charge in [-0.1, -0.05) is 47.5 Å². The largest absolute Gasteiger partial charge is 0.386 e. The molecule has 1 heterocycles. The Balaban J connectivity index is 1.62. The van der Waals surface area contributed by atoms with Gasteiger partial charge in [0.1, 0.15) is 0 Å². The van der Waals surface area contributed by atoms with Crippen molar-refractivity contribution in [3.8, 4) is 0 Å². The Morgan fingerprint density at radius 1 is 0.688 bits per heavy atom. The van der Waals surface area contributed by atoms with Gasteiger partial charge in [-0.25, -0.2) is 9.59 Å². The lowest BCUT2D eigenvalue weighted by Crippen LogP contribution is -2.41. The van der Waals surface area contributed by atoms with E-state index in [9.17, 15) is 9.59 Å². The highest BCUT2D eigenvalue weighted by Crippen LogP contribution is 2.58. The number of carbonyl (C=O) groups is 2. The van der Waals surface area contributed by atoms with E-state index >= 15 is 0 Å². The van der Waals surface area contributed by atoms with Crippen molar-refractivity contribution >= 4 is 40.7 Å². The summed E-state index contributed by atoms with van der Waals surface area (Å²) in [7, 11) is 0. The van der Waals surface area contributed by atoms with Gasteiger partial charge in [0.25, 0.3) is 0 Å². The summed E-state index contributed by atoms with van der Waals surface area (Å²) in [5.74, 6) is 1.22. The zero-order valence-electron chi connectivity index (χ0n) is 17.4. The third-order valence-corrected chi connectivity index (χ3v) is 8.17. The predicted molar refractivity (Wildman–Crippen MR) is 124 cm³/mol. The van der Waals surface area contributed by atoms with Crippen LogP contribution < -0.4 is 0 Å². The molecule has 32 heavy (non-hydrogen) atoms. The summed E-state index contributed by atoms with van der Waals surface area (Å²) in [5.41, 5.74) is 4.42. The average molecular weight is 465 g/mol. The summed E-state index contributed by atoms with van der Waals surface area (Å²) in [4.78, 5) is 26.3. The summed E-state index contributed by atoms with van der Waals surface area (Å²) in [6.45, 7) is 0. The van der Waals surface area contributed by atoms with Crippen molar-refractivity contribution in [2.24, 2.45) is 23.7 Å². The van der Waals surface area contributed by atoms with Crippen LogP contribution >= 0.6 is 23.2 Å². The Kier molecular flexibility index (Phi) is 4.81. The zero-order chi connectivity index (χ0) is 22.0. The highest BCUT2D eigenvalue weighted by Gasteiger charge is 2.50. The molecular weight excluding hydrogens is 443 g/mol. The second kappa shape index (κ2) is 7.60. The van der Waals surface area contributed by atoms with E-state index in [2.05, 4.69) is 0 Å². The van der Waals surface area contributed by atoms with Crippen LogP contribution in [0.2, 0.25) is 10.0 Å². The molecule has 2 aromatic carbocycles. The van der Waals surface area contributed by atoms with Crippen molar-refractivity contribution in [2.75, 3.05) is 0 Å². The van der Waals surface area contributed by atoms with Gasteiger partial charge in [0, 0.05) is 15.6 Å². The fourth-order valence-electron chi connectivity index (χ4n) is 6.67. The molecular formula is C27H22Cl2O3. The number of hydrogen-bond acceptors (Lipinski definition) is 3. The van der Waals surface area contributed by atoms with E-state index in [1.165, 1.54) is 12.0 Å². The average Bonchev–Trinajstić information content (AvgIpc) is 3.04. The predicted octanol–water partition coefficient (Wildman–Crippen LogP) is 6.63. The zero-order valence-corrected chi connectivity index (χ0v) is 19.0. The van der Waals surface area contributed by atoms with Crippen LogP contribution in [0.25, 0.3) is 5.57 Å².